The number of aliphatic hydroxyl groups is 1. The van der Waals surface area contributed by atoms with E-state index in [-0.39, 0.29) is 24.0 Å². The van der Waals surface area contributed by atoms with Crippen LogP contribution >= 0.6 is 0 Å². The van der Waals surface area contributed by atoms with Crippen LogP contribution < -0.4 is 0 Å². The second-order valence-corrected chi connectivity index (χ2v) is 8.05. The maximum atomic E-state index is 12.8. The normalized spacial score (nSPS) is 22.9. The molecular weight excluding hydrogens is 318 g/mol. The molecule has 5 nitrogen and oxygen atoms in total. The van der Waals surface area contributed by atoms with Gasteiger partial charge in [-0.25, -0.2) is 4.79 Å². The number of aliphatic hydroxyl groups excluding tert-OH is 1. The molecule has 0 aromatic heterocycles. The van der Waals surface area contributed by atoms with Crippen molar-refractivity contribution in [2.24, 2.45) is 0 Å². The van der Waals surface area contributed by atoms with Gasteiger partial charge in [-0.3, -0.25) is 4.79 Å². The first kappa shape index (κ1) is 21.7. The average molecular weight is 354 g/mol. The number of hydrogen-bond donors (Lipinski definition) is 1. The van der Waals surface area contributed by atoms with Crippen molar-refractivity contribution in [1.29, 1.82) is 0 Å². The molecule has 1 heterocycles. The van der Waals surface area contributed by atoms with E-state index in [1.54, 1.807) is 6.08 Å². The molecule has 0 unspecified atom stereocenters. The Bertz CT molecular complexity index is 467. The van der Waals surface area contributed by atoms with Gasteiger partial charge < -0.3 is 14.7 Å². The predicted molar refractivity (Wildman–Crippen MR) is 99.5 cm³/mol. The van der Waals surface area contributed by atoms with Gasteiger partial charge in [-0.05, 0) is 72.3 Å². The fraction of sp³-hybridized carbons (Fsp3) is 0.800. The van der Waals surface area contributed by atoms with E-state index in [1.807, 2.05) is 38.7 Å². The molecule has 144 valence electrons. The van der Waals surface area contributed by atoms with Crippen LogP contribution in [-0.2, 0) is 9.53 Å². The lowest BCUT2D eigenvalue weighted by Gasteiger charge is -2.43. The average Bonchev–Trinajstić information content (AvgIpc) is 2.45. The SMILES string of the molecule is CCC[C@@H](O)C[C@@H]1CCC[C@H](C/C=C/C(C)=O)N1C(=O)OC(C)(C)C. The summed E-state index contributed by atoms with van der Waals surface area (Å²) >= 11 is 0. The lowest BCUT2D eigenvalue weighted by molar-refractivity contribution is -0.112. The third-order valence-electron chi connectivity index (χ3n) is 4.39. The van der Waals surface area contributed by atoms with Gasteiger partial charge in [-0.2, -0.15) is 0 Å². The third kappa shape index (κ3) is 8.04. The van der Waals surface area contributed by atoms with Crippen LogP contribution in [0.25, 0.3) is 0 Å². The van der Waals surface area contributed by atoms with Crippen LogP contribution in [0.2, 0.25) is 0 Å². The highest BCUT2D eigenvalue weighted by atomic mass is 16.6. The van der Waals surface area contributed by atoms with Crippen molar-refractivity contribution >= 4 is 11.9 Å². The summed E-state index contributed by atoms with van der Waals surface area (Å²) in [5, 5.41) is 10.2. The Hall–Kier alpha value is -1.36. The summed E-state index contributed by atoms with van der Waals surface area (Å²) in [6.07, 6.45) is 8.36. The van der Waals surface area contributed by atoms with E-state index in [9.17, 15) is 14.7 Å². The number of ether oxygens (including phenoxy) is 1. The molecule has 1 fully saturated rings. The standard InChI is InChI=1S/C20H35NO4/c1-6-9-18(23)14-17-13-8-12-16(11-7-10-15(2)22)21(17)19(24)25-20(3,4)5/h7,10,16-18,23H,6,8-9,11-14H2,1-5H3/b10-7+/t16-,17-,18+/m0/s1. The highest BCUT2D eigenvalue weighted by molar-refractivity contribution is 5.87. The highest BCUT2D eigenvalue weighted by Crippen LogP contribution is 2.30. The Balaban J connectivity index is 2.92. The first-order valence-corrected chi connectivity index (χ1v) is 9.50. The minimum Gasteiger partial charge on any atom is -0.444 e. The van der Waals surface area contributed by atoms with Crippen LogP contribution in [0.3, 0.4) is 0 Å². The smallest absolute Gasteiger partial charge is 0.410 e. The van der Waals surface area contributed by atoms with Gasteiger partial charge in [0, 0.05) is 12.1 Å². The van der Waals surface area contributed by atoms with E-state index in [0.29, 0.717) is 12.8 Å². The van der Waals surface area contributed by atoms with Crippen molar-refractivity contribution in [2.75, 3.05) is 0 Å². The predicted octanol–water partition coefficient (Wildman–Crippen LogP) is 4.23. The zero-order valence-corrected chi connectivity index (χ0v) is 16.5. The van der Waals surface area contributed by atoms with Gasteiger partial charge in [0.05, 0.1) is 6.10 Å². The first-order valence-electron chi connectivity index (χ1n) is 9.50. The Labute approximate surface area is 152 Å². The number of rotatable bonds is 7. The van der Waals surface area contributed by atoms with Crippen molar-refractivity contribution < 1.29 is 19.4 Å². The van der Waals surface area contributed by atoms with Gasteiger partial charge in [0.1, 0.15) is 5.60 Å². The van der Waals surface area contributed by atoms with Crippen molar-refractivity contribution in [1.82, 2.24) is 4.90 Å². The molecule has 5 heteroatoms. The fourth-order valence-corrected chi connectivity index (χ4v) is 3.40. The summed E-state index contributed by atoms with van der Waals surface area (Å²) in [6.45, 7) is 9.15. The monoisotopic (exact) mass is 353 g/mol. The van der Waals surface area contributed by atoms with E-state index in [1.165, 1.54) is 6.92 Å². The van der Waals surface area contributed by atoms with Crippen LogP contribution in [-0.4, -0.2) is 45.7 Å². The number of ketones is 1. The zero-order valence-electron chi connectivity index (χ0n) is 16.5. The quantitative estimate of drug-likeness (QED) is 0.696. The van der Waals surface area contributed by atoms with Crippen molar-refractivity contribution in [3.8, 4) is 0 Å². The van der Waals surface area contributed by atoms with Crippen LogP contribution in [0, 0.1) is 0 Å². The topological polar surface area (TPSA) is 66.8 Å². The molecular formula is C20H35NO4. The molecule has 1 aliphatic rings. The van der Waals surface area contributed by atoms with Crippen LogP contribution in [0.1, 0.15) is 79.6 Å². The molecule has 25 heavy (non-hydrogen) atoms. The largest absolute Gasteiger partial charge is 0.444 e. The Morgan fingerprint density at radius 1 is 1.28 bits per heavy atom. The lowest BCUT2D eigenvalue weighted by Crippen LogP contribution is -2.52. The Kier molecular flexibility index (Phi) is 8.63. The van der Waals surface area contributed by atoms with Gasteiger partial charge in [-0.1, -0.05) is 19.4 Å². The number of carbonyl (C=O) groups excluding carboxylic acids is 2. The molecule has 0 bridgehead atoms. The summed E-state index contributed by atoms with van der Waals surface area (Å²) in [5.74, 6) is 0.00884. The van der Waals surface area contributed by atoms with E-state index >= 15 is 0 Å². The van der Waals surface area contributed by atoms with Gasteiger partial charge in [0.2, 0.25) is 0 Å². The first-order chi connectivity index (χ1) is 11.6. The number of amides is 1. The van der Waals surface area contributed by atoms with E-state index in [0.717, 1.165) is 32.1 Å². The van der Waals surface area contributed by atoms with Crippen molar-refractivity contribution in [3.63, 3.8) is 0 Å². The van der Waals surface area contributed by atoms with Crippen LogP contribution in [0.4, 0.5) is 4.79 Å². The van der Waals surface area contributed by atoms with Gasteiger partial charge in [0.15, 0.2) is 5.78 Å². The highest BCUT2D eigenvalue weighted by Gasteiger charge is 2.37. The Morgan fingerprint density at radius 3 is 2.48 bits per heavy atom. The number of hydrogen-bond acceptors (Lipinski definition) is 4. The molecule has 1 rings (SSSR count). The molecule has 1 N–H and O–H groups in total. The Morgan fingerprint density at radius 2 is 1.92 bits per heavy atom. The minimum absolute atomic E-state index is 0.00884. The number of piperidine rings is 1. The summed E-state index contributed by atoms with van der Waals surface area (Å²) in [6, 6.07) is -0.00101. The van der Waals surface area contributed by atoms with E-state index in [4.69, 9.17) is 4.74 Å². The van der Waals surface area contributed by atoms with Crippen LogP contribution in [0.15, 0.2) is 12.2 Å². The van der Waals surface area contributed by atoms with Crippen LogP contribution in [0.5, 0.6) is 0 Å². The molecule has 3 atom stereocenters. The van der Waals surface area contributed by atoms with Crippen molar-refractivity contribution in [3.05, 3.63) is 12.2 Å². The van der Waals surface area contributed by atoms with E-state index in [2.05, 4.69) is 0 Å². The summed E-state index contributed by atoms with van der Waals surface area (Å²) in [5.41, 5.74) is -0.555. The zero-order chi connectivity index (χ0) is 19.0. The summed E-state index contributed by atoms with van der Waals surface area (Å²) < 4.78 is 5.62. The minimum atomic E-state index is -0.555. The van der Waals surface area contributed by atoms with Gasteiger partial charge >= 0.3 is 6.09 Å². The lowest BCUT2D eigenvalue weighted by atomic mass is 9.90. The number of nitrogens with zero attached hydrogens (tertiary/aromatic N) is 1. The molecule has 0 radical (unpaired) electrons. The van der Waals surface area contributed by atoms with Gasteiger partial charge in [0.25, 0.3) is 0 Å². The third-order valence-corrected chi connectivity index (χ3v) is 4.39. The summed E-state index contributed by atoms with van der Waals surface area (Å²) in [7, 11) is 0. The molecule has 0 aromatic carbocycles. The summed E-state index contributed by atoms with van der Waals surface area (Å²) in [4.78, 5) is 25.8. The molecule has 0 aliphatic carbocycles. The molecule has 0 saturated carbocycles. The van der Waals surface area contributed by atoms with Crippen molar-refractivity contribution in [2.45, 2.75) is 103 Å². The number of likely N-dealkylation sites (tertiary alicyclic amines) is 1. The number of allylic oxidation sites excluding steroid dienone is 1. The molecule has 0 spiro atoms. The second kappa shape index (κ2) is 9.95. The fourth-order valence-electron chi connectivity index (χ4n) is 3.40. The molecule has 1 saturated heterocycles. The number of carbonyl (C=O) groups is 2. The molecule has 1 aliphatic heterocycles. The van der Waals surface area contributed by atoms with Gasteiger partial charge in [-0.15, -0.1) is 0 Å². The maximum absolute atomic E-state index is 12.8. The second-order valence-electron chi connectivity index (χ2n) is 8.05. The molecule has 0 aromatic rings. The molecule has 1 amide bonds. The maximum Gasteiger partial charge on any atom is 0.410 e. The van der Waals surface area contributed by atoms with E-state index < -0.39 is 11.7 Å².